The molecule has 1 amide bonds. The first-order chi connectivity index (χ1) is 24.4. The van der Waals surface area contributed by atoms with Crippen molar-refractivity contribution in [2.24, 2.45) is 0 Å². The highest BCUT2D eigenvalue weighted by Crippen LogP contribution is 2.34. The predicted molar refractivity (Wildman–Crippen MR) is 185 cm³/mol. The van der Waals surface area contributed by atoms with Crippen LogP contribution in [0.25, 0.3) is 22.4 Å². The van der Waals surface area contributed by atoms with Gasteiger partial charge in [-0.2, -0.15) is 13.2 Å². The second kappa shape index (κ2) is 15.7. The summed E-state index contributed by atoms with van der Waals surface area (Å²) in [5.41, 5.74) is 2.42. The Morgan fingerprint density at radius 3 is 2.14 bits per heavy atom. The number of carbonyl (C=O) groups excluding carboxylic acids is 4. The number of carbonyl (C=O) groups is 4. The molecule has 1 unspecified atom stereocenters. The zero-order chi connectivity index (χ0) is 36.7. The number of ether oxygens (including phenoxy) is 2. The van der Waals surface area contributed by atoms with Gasteiger partial charge in [-0.25, -0.2) is 0 Å². The molecule has 1 aromatic heterocycles. The van der Waals surface area contributed by atoms with E-state index in [2.05, 4.69) is 4.98 Å². The molecule has 0 aliphatic heterocycles. The second-order valence-corrected chi connectivity index (χ2v) is 11.9. The monoisotopic (exact) mass is 696 g/mol. The maximum absolute atomic E-state index is 14.1. The van der Waals surface area contributed by atoms with Crippen molar-refractivity contribution < 1.29 is 41.8 Å². The lowest BCUT2D eigenvalue weighted by Gasteiger charge is -2.16. The summed E-state index contributed by atoms with van der Waals surface area (Å²) in [6.07, 6.45) is -3.22. The normalized spacial score (nSPS) is 11.8. The Morgan fingerprint density at radius 1 is 0.784 bits per heavy atom. The van der Waals surface area contributed by atoms with Gasteiger partial charge in [-0.3, -0.25) is 19.2 Å². The van der Waals surface area contributed by atoms with Crippen LogP contribution in [0.5, 0.6) is 0 Å². The average Bonchev–Trinajstić information content (AvgIpc) is 3.57. The van der Waals surface area contributed by atoms with Crippen LogP contribution in [-0.4, -0.2) is 60.8 Å². The minimum Gasteiger partial charge on any atom is -0.465 e. The Hall–Kier alpha value is -5.97. The Bertz CT molecular complexity index is 2040. The molecule has 0 spiro atoms. The third-order valence-electron chi connectivity index (χ3n) is 8.19. The van der Waals surface area contributed by atoms with Crippen molar-refractivity contribution in [1.82, 2.24) is 9.88 Å². The minimum absolute atomic E-state index is 0.0683. The molecule has 5 aromatic rings. The molecule has 0 bridgehead atoms. The third kappa shape index (κ3) is 8.43. The molecule has 8 nitrogen and oxygen atoms in total. The van der Waals surface area contributed by atoms with Crippen LogP contribution < -0.4 is 0 Å². The van der Waals surface area contributed by atoms with Crippen LogP contribution in [0.4, 0.5) is 13.2 Å². The number of halogens is 3. The van der Waals surface area contributed by atoms with E-state index in [-0.39, 0.29) is 36.3 Å². The Balaban J connectivity index is 1.42. The molecule has 5 rings (SSSR count). The van der Waals surface area contributed by atoms with Crippen molar-refractivity contribution in [3.63, 3.8) is 0 Å². The van der Waals surface area contributed by atoms with Gasteiger partial charge in [-0.05, 0) is 52.9 Å². The number of ketones is 1. The summed E-state index contributed by atoms with van der Waals surface area (Å²) in [5, 5.41) is 0. The van der Waals surface area contributed by atoms with Crippen LogP contribution in [-0.2, 0) is 31.7 Å². The van der Waals surface area contributed by atoms with Gasteiger partial charge in [-0.1, -0.05) is 84.9 Å². The highest BCUT2D eigenvalue weighted by Gasteiger charge is 2.31. The first-order valence-electron chi connectivity index (χ1n) is 16.1. The SMILES string of the molecule is CCOC(=O)C(COC(=O)Cc1cccc(-c2[nH]cc(C(=O)c3ccccc3-c3ccc(C(F)(F)F)cc3)c2C(=O)N(C)C)c1)c1ccccc1. The molecule has 1 atom stereocenters. The van der Waals surface area contributed by atoms with Gasteiger partial charge in [0.25, 0.3) is 5.91 Å². The zero-order valence-electron chi connectivity index (χ0n) is 28.1. The maximum atomic E-state index is 14.1. The standard InChI is InChI=1S/C40H35F3N2O6/c1-4-50-39(49)33(26-12-6-5-7-13-26)24-51-34(46)22-25-11-10-14-28(21-25)36-35(38(48)45(2)3)32(23-44-36)37(47)31-16-9-8-15-30(31)27-17-19-29(20-18-27)40(41,42)43/h5-21,23,33,44H,4,22,24H2,1-3H3. The number of esters is 2. The largest absolute Gasteiger partial charge is 0.465 e. The van der Waals surface area contributed by atoms with Crippen LogP contribution in [0.3, 0.4) is 0 Å². The number of aromatic nitrogens is 1. The van der Waals surface area contributed by atoms with Gasteiger partial charge in [0.15, 0.2) is 5.78 Å². The number of aromatic amines is 1. The first kappa shape index (κ1) is 36.3. The fourth-order valence-electron chi connectivity index (χ4n) is 5.65. The minimum atomic E-state index is -4.51. The van der Waals surface area contributed by atoms with E-state index in [9.17, 15) is 32.3 Å². The van der Waals surface area contributed by atoms with Crippen LogP contribution in [0, 0.1) is 0 Å². The third-order valence-corrected chi connectivity index (χ3v) is 8.19. The molecule has 1 N–H and O–H groups in total. The number of alkyl halides is 3. The summed E-state index contributed by atoms with van der Waals surface area (Å²) < 4.78 is 50.3. The van der Waals surface area contributed by atoms with Crippen molar-refractivity contribution >= 4 is 23.6 Å². The number of nitrogens with one attached hydrogen (secondary N) is 1. The molecule has 0 saturated heterocycles. The lowest BCUT2D eigenvalue weighted by atomic mass is 9.91. The first-order valence-corrected chi connectivity index (χ1v) is 16.1. The van der Waals surface area contributed by atoms with E-state index in [0.29, 0.717) is 33.5 Å². The molecule has 0 saturated carbocycles. The molecule has 0 radical (unpaired) electrons. The fourth-order valence-corrected chi connectivity index (χ4v) is 5.65. The quantitative estimate of drug-likeness (QED) is 0.106. The molecular weight excluding hydrogens is 661 g/mol. The van der Waals surface area contributed by atoms with Crippen LogP contribution in [0.2, 0.25) is 0 Å². The van der Waals surface area contributed by atoms with Crippen LogP contribution >= 0.6 is 0 Å². The summed E-state index contributed by atoms with van der Waals surface area (Å²) >= 11 is 0. The van der Waals surface area contributed by atoms with E-state index in [0.717, 1.165) is 12.1 Å². The highest BCUT2D eigenvalue weighted by molar-refractivity contribution is 6.19. The Labute approximate surface area is 292 Å². The number of amides is 1. The Kier molecular flexibility index (Phi) is 11.2. The van der Waals surface area contributed by atoms with Gasteiger partial charge >= 0.3 is 18.1 Å². The maximum Gasteiger partial charge on any atom is 0.416 e. The number of hydrogen-bond donors (Lipinski definition) is 1. The van der Waals surface area contributed by atoms with E-state index < -0.39 is 41.3 Å². The average molecular weight is 697 g/mol. The van der Waals surface area contributed by atoms with E-state index in [1.165, 1.54) is 23.2 Å². The second-order valence-electron chi connectivity index (χ2n) is 11.9. The van der Waals surface area contributed by atoms with Gasteiger partial charge in [0.2, 0.25) is 0 Å². The number of benzene rings is 4. The van der Waals surface area contributed by atoms with Crippen molar-refractivity contribution in [3.8, 4) is 22.4 Å². The summed E-state index contributed by atoms with van der Waals surface area (Å²) in [6, 6.07) is 26.8. The van der Waals surface area contributed by atoms with E-state index in [1.54, 1.807) is 93.8 Å². The fraction of sp³-hybridized carbons (Fsp3) is 0.200. The molecule has 11 heteroatoms. The number of nitrogens with zero attached hydrogens (tertiary/aromatic N) is 1. The van der Waals surface area contributed by atoms with Gasteiger partial charge in [-0.15, -0.1) is 0 Å². The van der Waals surface area contributed by atoms with E-state index >= 15 is 0 Å². The number of rotatable bonds is 12. The molecule has 4 aromatic carbocycles. The summed E-state index contributed by atoms with van der Waals surface area (Å²) in [4.78, 5) is 57.7. The molecule has 262 valence electrons. The smallest absolute Gasteiger partial charge is 0.416 e. The summed E-state index contributed by atoms with van der Waals surface area (Å²) in [5.74, 6) is -2.84. The van der Waals surface area contributed by atoms with Gasteiger partial charge in [0.05, 0.1) is 35.4 Å². The molecule has 1 heterocycles. The van der Waals surface area contributed by atoms with Gasteiger partial charge in [0, 0.05) is 25.9 Å². The summed E-state index contributed by atoms with van der Waals surface area (Å²) in [6.45, 7) is 1.67. The van der Waals surface area contributed by atoms with Gasteiger partial charge < -0.3 is 19.4 Å². The zero-order valence-corrected chi connectivity index (χ0v) is 28.1. The summed E-state index contributed by atoms with van der Waals surface area (Å²) in [7, 11) is 3.10. The van der Waals surface area contributed by atoms with Crippen molar-refractivity contribution in [2.75, 3.05) is 27.3 Å². The van der Waals surface area contributed by atoms with Crippen molar-refractivity contribution in [1.29, 1.82) is 0 Å². The lowest BCUT2D eigenvalue weighted by Crippen LogP contribution is -2.24. The van der Waals surface area contributed by atoms with Crippen LogP contribution in [0.15, 0.2) is 109 Å². The molecule has 0 fully saturated rings. The topological polar surface area (TPSA) is 106 Å². The van der Waals surface area contributed by atoms with Crippen LogP contribution in [0.1, 0.15) is 55.8 Å². The number of hydrogen-bond acceptors (Lipinski definition) is 6. The van der Waals surface area contributed by atoms with Gasteiger partial charge in [0.1, 0.15) is 12.5 Å². The number of H-pyrrole nitrogens is 1. The van der Waals surface area contributed by atoms with Crippen molar-refractivity contribution in [3.05, 3.63) is 143 Å². The van der Waals surface area contributed by atoms with E-state index in [1.807, 2.05) is 6.07 Å². The predicted octanol–water partition coefficient (Wildman–Crippen LogP) is 7.73. The molecular formula is C40H35F3N2O6. The molecule has 51 heavy (non-hydrogen) atoms. The molecule has 0 aliphatic carbocycles. The van der Waals surface area contributed by atoms with E-state index in [4.69, 9.17) is 9.47 Å². The molecule has 0 aliphatic rings. The Morgan fingerprint density at radius 2 is 1.47 bits per heavy atom. The highest BCUT2D eigenvalue weighted by atomic mass is 19.4. The van der Waals surface area contributed by atoms with Crippen molar-refractivity contribution in [2.45, 2.75) is 25.4 Å². The lowest BCUT2D eigenvalue weighted by molar-refractivity contribution is -0.150.